The molecule has 0 unspecified atom stereocenters. The molecule has 2 N–H and O–H groups in total. The smallest absolute Gasteiger partial charge is 0.206 e. The monoisotopic (exact) mass is 266 g/mol. The zero-order valence-corrected chi connectivity index (χ0v) is 10.8. The second-order valence-electron chi connectivity index (χ2n) is 4.53. The van der Waals surface area contributed by atoms with Gasteiger partial charge in [0.05, 0.1) is 28.4 Å². The summed E-state index contributed by atoms with van der Waals surface area (Å²) in [5, 5.41) is 8.99. The molecule has 0 aliphatic carbocycles. The largest absolute Gasteiger partial charge is 0.369 e. The lowest BCUT2D eigenvalue weighted by molar-refractivity contribution is 0.618. The van der Waals surface area contributed by atoms with E-state index < -0.39 is 0 Å². The Hall–Kier alpha value is -2.87. The maximum atomic E-state index is 14.1. The molecule has 0 radical (unpaired) electrons. The average Bonchev–Trinajstić information content (AvgIpc) is 2.74. The first-order chi connectivity index (χ1) is 9.61. The molecule has 4 nitrogen and oxygen atoms in total. The Morgan fingerprint density at radius 3 is 2.80 bits per heavy atom. The fraction of sp³-hybridized carbons (Fsp3) is 0.0667. The third-order valence-corrected chi connectivity index (χ3v) is 3.22. The van der Waals surface area contributed by atoms with Crippen LogP contribution in [0.2, 0.25) is 0 Å². The second-order valence-corrected chi connectivity index (χ2v) is 4.53. The highest BCUT2D eigenvalue weighted by atomic mass is 19.1. The van der Waals surface area contributed by atoms with Crippen LogP contribution in [-0.2, 0) is 0 Å². The van der Waals surface area contributed by atoms with Gasteiger partial charge in [-0.2, -0.15) is 5.26 Å². The number of aromatic nitrogens is 2. The lowest BCUT2D eigenvalue weighted by atomic mass is 10.1. The topological polar surface area (TPSA) is 67.6 Å². The van der Waals surface area contributed by atoms with Gasteiger partial charge in [0.1, 0.15) is 5.82 Å². The maximum absolute atomic E-state index is 14.1. The Labute approximate surface area is 114 Å². The van der Waals surface area contributed by atoms with Gasteiger partial charge in [-0.25, -0.2) is 9.37 Å². The van der Waals surface area contributed by atoms with Gasteiger partial charge in [0.2, 0.25) is 5.95 Å². The van der Waals surface area contributed by atoms with E-state index in [1.165, 1.54) is 6.07 Å². The summed E-state index contributed by atoms with van der Waals surface area (Å²) in [7, 11) is 0. The Bertz CT molecular complexity index is 838. The van der Waals surface area contributed by atoms with Gasteiger partial charge in [0.25, 0.3) is 0 Å². The second kappa shape index (κ2) is 4.35. The van der Waals surface area contributed by atoms with Crippen LogP contribution in [0.4, 0.5) is 10.3 Å². The van der Waals surface area contributed by atoms with E-state index in [1.54, 1.807) is 41.8 Å². The van der Waals surface area contributed by atoms with Crippen molar-refractivity contribution in [2.24, 2.45) is 0 Å². The first-order valence-corrected chi connectivity index (χ1v) is 6.05. The molecule has 0 atom stereocenters. The minimum absolute atomic E-state index is 0.197. The zero-order valence-electron chi connectivity index (χ0n) is 10.8. The van der Waals surface area contributed by atoms with Gasteiger partial charge in [-0.3, -0.25) is 4.57 Å². The van der Waals surface area contributed by atoms with E-state index in [-0.39, 0.29) is 11.8 Å². The molecular weight excluding hydrogens is 255 g/mol. The summed E-state index contributed by atoms with van der Waals surface area (Å²) in [4.78, 5) is 4.21. The van der Waals surface area contributed by atoms with Crippen molar-refractivity contribution in [3.8, 4) is 11.8 Å². The molecule has 0 aliphatic rings. The van der Waals surface area contributed by atoms with Crippen molar-refractivity contribution in [1.82, 2.24) is 9.55 Å². The number of benzene rings is 2. The summed E-state index contributed by atoms with van der Waals surface area (Å²) < 4.78 is 15.7. The molecule has 3 rings (SSSR count). The van der Waals surface area contributed by atoms with Gasteiger partial charge in [0.15, 0.2) is 0 Å². The van der Waals surface area contributed by atoms with Gasteiger partial charge < -0.3 is 5.73 Å². The van der Waals surface area contributed by atoms with Crippen molar-refractivity contribution >= 4 is 17.0 Å². The fourth-order valence-electron chi connectivity index (χ4n) is 2.30. The van der Waals surface area contributed by atoms with Crippen molar-refractivity contribution < 1.29 is 4.39 Å². The number of hydrogen-bond donors (Lipinski definition) is 1. The summed E-state index contributed by atoms with van der Waals surface area (Å²) in [6.45, 7) is 1.80. The Kier molecular flexibility index (Phi) is 2.65. The van der Waals surface area contributed by atoms with Crippen LogP contribution in [0.25, 0.3) is 16.7 Å². The third kappa shape index (κ3) is 1.70. The summed E-state index contributed by atoms with van der Waals surface area (Å²) in [6.07, 6.45) is 0. The minimum atomic E-state index is -0.377. The zero-order chi connectivity index (χ0) is 14.3. The predicted molar refractivity (Wildman–Crippen MR) is 74.9 cm³/mol. The molecule has 5 heteroatoms. The van der Waals surface area contributed by atoms with E-state index >= 15 is 0 Å². The molecule has 3 aromatic rings. The first kappa shape index (κ1) is 12.2. The molecule has 0 spiro atoms. The standard InChI is InChI=1S/C15H11FN4/c1-9-3-2-4-11(16)14(9)20-13-7-10(8-17)5-6-12(13)19-15(20)18/h2-7H,1H3,(H2,18,19). The van der Waals surface area contributed by atoms with E-state index in [0.29, 0.717) is 22.3 Å². The number of anilines is 1. The van der Waals surface area contributed by atoms with Gasteiger partial charge in [-0.1, -0.05) is 12.1 Å². The van der Waals surface area contributed by atoms with Crippen molar-refractivity contribution in [1.29, 1.82) is 5.26 Å². The van der Waals surface area contributed by atoms with Crippen LogP contribution in [0.3, 0.4) is 0 Å². The van der Waals surface area contributed by atoms with Crippen LogP contribution in [0.1, 0.15) is 11.1 Å². The molecule has 20 heavy (non-hydrogen) atoms. The van der Waals surface area contributed by atoms with E-state index in [9.17, 15) is 4.39 Å². The fourth-order valence-corrected chi connectivity index (χ4v) is 2.30. The molecule has 1 heterocycles. The summed E-state index contributed by atoms with van der Waals surface area (Å²) in [5.74, 6) is -0.179. The van der Waals surface area contributed by atoms with E-state index in [2.05, 4.69) is 11.1 Å². The van der Waals surface area contributed by atoms with Crippen LogP contribution in [0.5, 0.6) is 0 Å². The number of fused-ring (bicyclic) bond motifs is 1. The molecular formula is C15H11FN4. The van der Waals surface area contributed by atoms with E-state index in [0.717, 1.165) is 5.56 Å². The van der Waals surface area contributed by atoms with Crippen LogP contribution >= 0.6 is 0 Å². The van der Waals surface area contributed by atoms with Crippen molar-refractivity contribution in [3.05, 3.63) is 53.3 Å². The number of nitrogens with two attached hydrogens (primary N) is 1. The van der Waals surface area contributed by atoms with Crippen LogP contribution in [0, 0.1) is 24.1 Å². The number of hydrogen-bond acceptors (Lipinski definition) is 3. The Balaban J connectivity index is 2.42. The number of aryl methyl sites for hydroxylation is 1. The number of nitrogen functional groups attached to an aromatic ring is 1. The average molecular weight is 266 g/mol. The summed E-state index contributed by atoms with van der Waals surface area (Å²) in [6, 6.07) is 11.9. The lowest BCUT2D eigenvalue weighted by Gasteiger charge is -2.11. The van der Waals surface area contributed by atoms with Crippen molar-refractivity contribution in [2.45, 2.75) is 6.92 Å². The minimum Gasteiger partial charge on any atom is -0.369 e. The van der Waals surface area contributed by atoms with E-state index in [4.69, 9.17) is 11.0 Å². The maximum Gasteiger partial charge on any atom is 0.206 e. The predicted octanol–water partition coefficient (Wildman–Crippen LogP) is 2.93. The normalized spacial score (nSPS) is 10.7. The number of halogens is 1. The van der Waals surface area contributed by atoms with Gasteiger partial charge in [-0.15, -0.1) is 0 Å². The molecule has 0 fully saturated rings. The number of nitrogens with zero attached hydrogens (tertiary/aromatic N) is 3. The Morgan fingerprint density at radius 2 is 2.10 bits per heavy atom. The lowest BCUT2D eigenvalue weighted by Crippen LogP contribution is -2.05. The highest BCUT2D eigenvalue weighted by Crippen LogP contribution is 2.27. The number of para-hydroxylation sites is 1. The van der Waals surface area contributed by atoms with Gasteiger partial charge in [-0.05, 0) is 36.8 Å². The molecule has 1 aromatic heterocycles. The number of imidazole rings is 1. The SMILES string of the molecule is Cc1cccc(F)c1-n1c(N)nc2ccc(C#N)cc21. The number of nitriles is 1. The van der Waals surface area contributed by atoms with E-state index in [1.807, 2.05) is 0 Å². The van der Waals surface area contributed by atoms with Gasteiger partial charge >= 0.3 is 0 Å². The number of rotatable bonds is 1. The highest BCUT2D eigenvalue weighted by molar-refractivity contribution is 5.82. The van der Waals surface area contributed by atoms with Crippen molar-refractivity contribution in [2.75, 3.05) is 5.73 Å². The quantitative estimate of drug-likeness (QED) is 0.736. The van der Waals surface area contributed by atoms with Crippen LogP contribution < -0.4 is 5.73 Å². The molecule has 0 bridgehead atoms. The molecule has 0 amide bonds. The molecule has 0 aliphatic heterocycles. The Morgan fingerprint density at radius 1 is 1.30 bits per heavy atom. The first-order valence-electron chi connectivity index (χ1n) is 6.05. The highest BCUT2D eigenvalue weighted by Gasteiger charge is 2.15. The molecule has 0 saturated carbocycles. The van der Waals surface area contributed by atoms with Crippen molar-refractivity contribution in [3.63, 3.8) is 0 Å². The molecule has 0 saturated heterocycles. The third-order valence-electron chi connectivity index (χ3n) is 3.22. The van der Waals surface area contributed by atoms with Gasteiger partial charge in [0, 0.05) is 0 Å². The summed E-state index contributed by atoms with van der Waals surface area (Å²) in [5.41, 5.74) is 8.76. The molecule has 2 aromatic carbocycles. The van der Waals surface area contributed by atoms with Crippen LogP contribution in [0.15, 0.2) is 36.4 Å². The van der Waals surface area contributed by atoms with Crippen LogP contribution in [-0.4, -0.2) is 9.55 Å². The summed E-state index contributed by atoms with van der Waals surface area (Å²) >= 11 is 0. The molecule has 98 valence electrons.